The molecule has 2 aliphatic rings. The van der Waals surface area contributed by atoms with Gasteiger partial charge in [0.15, 0.2) is 5.82 Å². The first kappa shape index (κ1) is 26.4. The molecule has 1 amide bonds. The van der Waals surface area contributed by atoms with Crippen molar-refractivity contribution < 1.29 is 14.3 Å². The van der Waals surface area contributed by atoms with E-state index in [2.05, 4.69) is 20.6 Å². The maximum atomic E-state index is 14.6. The topological polar surface area (TPSA) is 124 Å². The van der Waals surface area contributed by atoms with Crippen LogP contribution in [0.3, 0.4) is 0 Å². The molecular weight excluding hydrogens is 511 g/mol. The molecule has 11 heteroatoms. The molecular formula is C29H33FN8O2. The van der Waals surface area contributed by atoms with Crippen LogP contribution < -0.4 is 10.6 Å². The van der Waals surface area contributed by atoms with Gasteiger partial charge in [0.1, 0.15) is 17.3 Å². The Morgan fingerprint density at radius 3 is 2.58 bits per heavy atom. The van der Waals surface area contributed by atoms with Crippen LogP contribution >= 0.6 is 0 Å². The molecule has 40 heavy (non-hydrogen) atoms. The second-order valence-electron chi connectivity index (χ2n) is 11.4. The molecule has 0 spiro atoms. The van der Waals surface area contributed by atoms with Gasteiger partial charge in [0.2, 0.25) is 0 Å². The molecule has 1 saturated carbocycles. The number of fused-ring (bicyclic) bond motifs is 2. The number of benzene rings is 1. The van der Waals surface area contributed by atoms with Crippen molar-refractivity contribution in [1.29, 1.82) is 5.26 Å². The van der Waals surface area contributed by atoms with E-state index in [1.54, 1.807) is 13.8 Å². The normalized spacial score (nSPS) is 20.6. The van der Waals surface area contributed by atoms with E-state index in [4.69, 9.17) is 10.4 Å². The van der Waals surface area contributed by atoms with Crippen LogP contribution in [-0.2, 0) is 5.60 Å². The van der Waals surface area contributed by atoms with Crippen LogP contribution in [0.15, 0.2) is 36.7 Å². The fourth-order valence-corrected chi connectivity index (χ4v) is 6.08. The molecule has 3 aromatic heterocycles. The van der Waals surface area contributed by atoms with Crippen molar-refractivity contribution in [2.75, 3.05) is 31.5 Å². The van der Waals surface area contributed by atoms with Gasteiger partial charge in [-0.2, -0.15) is 15.5 Å². The standard InChI is InChI=1S/C29H33FN8O2/c1-29(2,40)22-13-24-19(17-37(35-24)21-5-3-20(4-6-21)36-9-7-32-8-10-36)12-25(22)34-28(39)27-14-23(30)26-11-18(15-31)16-33-38(26)27/h11-14,16-17,20-21,32,40H,3-10H2,1-2H3,(H,34,39). The maximum Gasteiger partial charge on any atom is 0.274 e. The summed E-state index contributed by atoms with van der Waals surface area (Å²) in [4.78, 5) is 15.9. The highest BCUT2D eigenvalue weighted by molar-refractivity contribution is 6.05. The summed E-state index contributed by atoms with van der Waals surface area (Å²) in [7, 11) is 0. The molecule has 4 aromatic rings. The maximum absolute atomic E-state index is 14.6. The molecule has 0 bridgehead atoms. The van der Waals surface area contributed by atoms with Crippen LogP contribution in [0.5, 0.6) is 0 Å². The number of nitrogens with one attached hydrogen (secondary N) is 2. The molecule has 10 nitrogen and oxygen atoms in total. The molecule has 1 aliphatic carbocycles. The van der Waals surface area contributed by atoms with Crippen molar-refractivity contribution in [2.45, 2.75) is 57.2 Å². The minimum Gasteiger partial charge on any atom is -0.386 e. The number of halogens is 1. The molecule has 0 atom stereocenters. The first-order valence-electron chi connectivity index (χ1n) is 13.8. The lowest BCUT2D eigenvalue weighted by Crippen LogP contribution is -2.49. The van der Waals surface area contributed by atoms with Crippen molar-refractivity contribution in [3.8, 4) is 6.07 Å². The van der Waals surface area contributed by atoms with Gasteiger partial charge in [-0.25, -0.2) is 8.91 Å². The molecule has 0 radical (unpaired) electrons. The summed E-state index contributed by atoms with van der Waals surface area (Å²) >= 11 is 0. The average molecular weight is 545 g/mol. The van der Waals surface area contributed by atoms with E-state index < -0.39 is 17.3 Å². The Bertz CT molecular complexity index is 1610. The highest BCUT2D eigenvalue weighted by Gasteiger charge is 2.29. The minimum atomic E-state index is -1.27. The van der Waals surface area contributed by atoms with Gasteiger partial charge in [-0.05, 0) is 57.7 Å². The highest BCUT2D eigenvalue weighted by Crippen LogP contribution is 2.35. The van der Waals surface area contributed by atoms with Gasteiger partial charge < -0.3 is 15.7 Å². The van der Waals surface area contributed by atoms with Crippen molar-refractivity contribution in [3.63, 3.8) is 0 Å². The Hall–Kier alpha value is -3.85. The Labute approximate surface area is 231 Å². The van der Waals surface area contributed by atoms with Crippen LogP contribution in [0.1, 0.15) is 67.2 Å². The Morgan fingerprint density at radius 2 is 1.88 bits per heavy atom. The van der Waals surface area contributed by atoms with Gasteiger partial charge in [-0.3, -0.25) is 14.4 Å². The summed E-state index contributed by atoms with van der Waals surface area (Å²) in [6.45, 7) is 7.63. The van der Waals surface area contributed by atoms with Crippen molar-refractivity contribution in [3.05, 3.63) is 59.3 Å². The summed E-state index contributed by atoms with van der Waals surface area (Å²) in [5.74, 6) is -1.24. The van der Waals surface area contributed by atoms with Gasteiger partial charge in [0.05, 0.1) is 28.9 Å². The molecule has 208 valence electrons. The van der Waals surface area contributed by atoms with Crippen LogP contribution in [-0.4, -0.2) is 67.5 Å². The fraction of sp³-hybridized carbons (Fsp3) is 0.448. The van der Waals surface area contributed by atoms with E-state index in [0.717, 1.165) is 68.8 Å². The van der Waals surface area contributed by atoms with Gasteiger partial charge in [0, 0.05) is 61.1 Å². The largest absolute Gasteiger partial charge is 0.386 e. The molecule has 1 aliphatic heterocycles. The SMILES string of the molecule is CC(C)(O)c1cc2nn(C3CCC(N4CCNCC4)CC3)cc2cc1NC(=O)c1cc(F)c2cc(C#N)cnn12. The number of carbonyl (C=O) groups excluding carboxylic acids is 1. The molecule has 1 saturated heterocycles. The van der Waals surface area contributed by atoms with Gasteiger partial charge in [0.25, 0.3) is 5.91 Å². The Kier molecular flexibility index (Phi) is 6.78. The molecule has 4 heterocycles. The zero-order valence-corrected chi connectivity index (χ0v) is 22.7. The average Bonchev–Trinajstić information content (AvgIpc) is 3.53. The number of amides is 1. The number of hydrogen-bond donors (Lipinski definition) is 3. The second-order valence-corrected chi connectivity index (χ2v) is 11.4. The number of aliphatic hydroxyl groups is 1. The minimum absolute atomic E-state index is 0.0178. The van der Waals surface area contributed by atoms with E-state index >= 15 is 0 Å². The van der Waals surface area contributed by atoms with Crippen LogP contribution in [0, 0.1) is 17.1 Å². The number of aromatic nitrogens is 4. The predicted molar refractivity (Wildman–Crippen MR) is 149 cm³/mol. The number of piperazine rings is 1. The quantitative estimate of drug-likeness (QED) is 0.351. The third-order valence-corrected chi connectivity index (χ3v) is 8.21. The molecule has 0 unspecified atom stereocenters. The van der Waals surface area contributed by atoms with E-state index in [1.807, 2.05) is 29.1 Å². The number of nitrogens with zero attached hydrogens (tertiary/aromatic N) is 6. The molecule has 6 rings (SSSR count). The lowest BCUT2D eigenvalue weighted by Gasteiger charge is -2.39. The van der Waals surface area contributed by atoms with Crippen LogP contribution in [0.4, 0.5) is 10.1 Å². The van der Waals surface area contributed by atoms with E-state index in [9.17, 15) is 14.3 Å². The second kappa shape index (κ2) is 10.3. The number of hydrogen-bond acceptors (Lipinski definition) is 7. The predicted octanol–water partition coefficient (Wildman–Crippen LogP) is 3.56. The lowest BCUT2D eigenvalue weighted by molar-refractivity contribution is 0.0793. The summed E-state index contributed by atoms with van der Waals surface area (Å²) in [6.07, 6.45) is 7.68. The highest BCUT2D eigenvalue weighted by atomic mass is 19.1. The number of rotatable bonds is 5. The van der Waals surface area contributed by atoms with E-state index in [1.165, 1.54) is 16.8 Å². The summed E-state index contributed by atoms with van der Waals surface area (Å²) in [5.41, 5.74) is 0.600. The summed E-state index contributed by atoms with van der Waals surface area (Å²) < 4.78 is 17.8. The lowest BCUT2D eigenvalue weighted by atomic mass is 9.90. The third-order valence-electron chi connectivity index (χ3n) is 8.21. The van der Waals surface area contributed by atoms with Crippen LogP contribution in [0.25, 0.3) is 16.4 Å². The van der Waals surface area contributed by atoms with Gasteiger partial charge in [-0.1, -0.05) is 0 Å². The van der Waals surface area contributed by atoms with Crippen molar-refractivity contribution in [1.82, 2.24) is 29.6 Å². The van der Waals surface area contributed by atoms with E-state index in [-0.39, 0.29) is 16.8 Å². The first-order valence-corrected chi connectivity index (χ1v) is 13.8. The summed E-state index contributed by atoms with van der Waals surface area (Å²) in [6, 6.07) is 8.91. The number of anilines is 1. The Morgan fingerprint density at radius 1 is 1.15 bits per heavy atom. The van der Waals surface area contributed by atoms with Gasteiger partial charge >= 0.3 is 0 Å². The van der Waals surface area contributed by atoms with Crippen molar-refractivity contribution in [2.24, 2.45) is 0 Å². The van der Waals surface area contributed by atoms with Gasteiger partial charge in [-0.15, -0.1) is 0 Å². The molecule has 3 N–H and O–H groups in total. The zero-order chi connectivity index (χ0) is 28.0. The van der Waals surface area contributed by atoms with Crippen LogP contribution in [0.2, 0.25) is 0 Å². The zero-order valence-electron chi connectivity index (χ0n) is 22.7. The monoisotopic (exact) mass is 544 g/mol. The first-order chi connectivity index (χ1) is 19.2. The van der Waals surface area contributed by atoms with Crippen molar-refractivity contribution >= 4 is 28.0 Å². The fourth-order valence-electron chi connectivity index (χ4n) is 6.08. The van der Waals surface area contributed by atoms with E-state index in [0.29, 0.717) is 23.3 Å². The Balaban J connectivity index is 1.26. The smallest absolute Gasteiger partial charge is 0.274 e. The third kappa shape index (κ3) is 4.94. The molecule has 2 fully saturated rings. The summed E-state index contributed by atoms with van der Waals surface area (Å²) in [5, 5.41) is 36.1. The number of carbonyl (C=O) groups is 1. The molecule has 1 aromatic carbocycles. The number of nitriles is 1.